The first-order valence-corrected chi connectivity index (χ1v) is 8.48. The van der Waals surface area contributed by atoms with Gasteiger partial charge in [-0.25, -0.2) is 4.98 Å². The van der Waals surface area contributed by atoms with Crippen LogP contribution in [0, 0.1) is 6.92 Å². The number of likely N-dealkylation sites (N-methyl/N-ethyl adjacent to an activating group) is 1. The third-order valence-corrected chi connectivity index (χ3v) is 4.83. The number of aromatic nitrogens is 3. The average molecular weight is 365 g/mol. The number of hydrogen-bond acceptors (Lipinski definition) is 6. The number of nitrogens with zero attached hydrogens (tertiary/aromatic N) is 3. The Hall–Kier alpha value is -1.76. The summed E-state index contributed by atoms with van der Waals surface area (Å²) in [5.74, 6) is 1.29. The third-order valence-electron chi connectivity index (χ3n) is 3.68. The van der Waals surface area contributed by atoms with Crippen molar-refractivity contribution in [1.82, 2.24) is 20.4 Å². The molecule has 0 fully saturated rings. The van der Waals surface area contributed by atoms with E-state index >= 15 is 0 Å². The molecule has 1 aromatic carbocycles. The van der Waals surface area contributed by atoms with Crippen LogP contribution in [0.1, 0.15) is 29.0 Å². The molecule has 3 aromatic rings. The van der Waals surface area contributed by atoms with Crippen molar-refractivity contribution in [3.8, 4) is 10.8 Å². The maximum atomic E-state index is 5.42. The molecule has 1 N–H and O–H groups in total. The van der Waals surface area contributed by atoms with Gasteiger partial charge >= 0.3 is 0 Å². The van der Waals surface area contributed by atoms with Crippen LogP contribution >= 0.6 is 23.7 Å². The normalized spacial score (nSPS) is 12.0. The quantitative estimate of drug-likeness (QED) is 0.723. The summed E-state index contributed by atoms with van der Waals surface area (Å²) in [7, 11) is 1.93. The molecule has 7 heteroatoms. The first kappa shape index (κ1) is 18.6. The number of aryl methyl sites for hydroxylation is 1. The van der Waals surface area contributed by atoms with E-state index in [0.29, 0.717) is 11.9 Å². The Kier molecular flexibility index (Phi) is 6.48. The number of hydrogen-bond donors (Lipinski definition) is 1. The molecule has 0 saturated carbocycles. The maximum Gasteiger partial charge on any atom is 0.269 e. The van der Waals surface area contributed by atoms with Crippen LogP contribution in [0.2, 0.25) is 0 Å². The van der Waals surface area contributed by atoms with Crippen molar-refractivity contribution < 1.29 is 4.52 Å². The van der Waals surface area contributed by atoms with Crippen LogP contribution < -0.4 is 5.32 Å². The SMILES string of the molecule is CNC(C)Cc1noc(-c2sc(Cc3ccccc3)nc2C)n1.Cl. The summed E-state index contributed by atoms with van der Waals surface area (Å²) in [6.07, 6.45) is 1.57. The number of thiazole rings is 1. The summed E-state index contributed by atoms with van der Waals surface area (Å²) >= 11 is 1.62. The Labute approximate surface area is 151 Å². The monoisotopic (exact) mass is 364 g/mol. The second-order valence-electron chi connectivity index (χ2n) is 5.59. The molecule has 1 unspecified atom stereocenters. The van der Waals surface area contributed by atoms with Crippen LogP contribution in [0.5, 0.6) is 0 Å². The van der Waals surface area contributed by atoms with E-state index in [-0.39, 0.29) is 12.4 Å². The van der Waals surface area contributed by atoms with Crippen molar-refractivity contribution in [3.05, 3.63) is 52.4 Å². The molecule has 0 bridgehead atoms. The molecule has 0 spiro atoms. The molecule has 0 aliphatic rings. The highest BCUT2D eigenvalue weighted by Gasteiger charge is 2.17. The Morgan fingerprint density at radius 3 is 2.67 bits per heavy atom. The second kappa shape index (κ2) is 8.37. The Morgan fingerprint density at radius 1 is 1.21 bits per heavy atom. The molecule has 5 nitrogen and oxygen atoms in total. The summed E-state index contributed by atoms with van der Waals surface area (Å²) in [6.45, 7) is 4.08. The van der Waals surface area contributed by atoms with Crippen LogP contribution in [0.25, 0.3) is 10.8 Å². The first-order valence-electron chi connectivity index (χ1n) is 7.66. The lowest BCUT2D eigenvalue weighted by molar-refractivity contribution is 0.418. The standard InChI is InChI=1S/C17H20N4OS.ClH/c1-11(18-3)9-14-20-17(22-21-14)16-12(2)19-15(23-16)10-13-7-5-4-6-8-13;/h4-8,11,18H,9-10H2,1-3H3;1H. The summed E-state index contributed by atoms with van der Waals surface area (Å²) in [5.41, 5.74) is 2.19. The number of halogens is 1. The van der Waals surface area contributed by atoms with Gasteiger partial charge in [0.25, 0.3) is 5.89 Å². The molecular formula is C17H21ClN4OS. The third kappa shape index (κ3) is 4.41. The van der Waals surface area contributed by atoms with Gasteiger partial charge < -0.3 is 9.84 Å². The van der Waals surface area contributed by atoms with Crippen molar-refractivity contribution in [1.29, 1.82) is 0 Å². The van der Waals surface area contributed by atoms with Gasteiger partial charge in [0.05, 0.1) is 10.7 Å². The average Bonchev–Trinajstić information content (AvgIpc) is 3.14. The van der Waals surface area contributed by atoms with Crippen molar-refractivity contribution in [3.63, 3.8) is 0 Å². The van der Waals surface area contributed by atoms with Gasteiger partial charge in [0.15, 0.2) is 5.82 Å². The topological polar surface area (TPSA) is 63.8 Å². The van der Waals surface area contributed by atoms with Gasteiger partial charge in [-0.05, 0) is 26.5 Å². The molecular weight excluding hydrogens is 344 g/mol. The fourth-order valence-electron chi connectivity index (χ4n) is 2.30. The van der Waals surface area contributed by atoms with Gasteiger partial charge in [0, 0.05) is 18.9 Å². The number of nitrogens with one attached hydrogen (secondary N) is 1. The molecule has 24 heavy (non-hydrogen) atoms. The molecule has 0 aliphatic heterocycles. The molecule has 0 amide bonds. The van der Waals surface area contributed by atoms with Crippen LogP contribution in [-0.2, 0) is 12.8 Å². The van der Waals surface area contributed by atoms with E-state index in [0.717, 1.165) is 34.2 Å². The predicted molar refractivity (Wildman–Crippen MR) is 98.9 cm³/mol. The van der Waals surface area contributed by atoms with Gasteiger partial charge in [-0.3, -0.25) is 0 Å². The van der Waals surface area contributed by atoms with E-state index in [2.05, 4.69) is 39.5 Å². The minimum Gasteiger partial charge on any atom is -0.333 e. The molecule has 128 valence electrons. The molecule has 2 aromatic heterocycles. The minimum absolute atomic E-state index is 0. The van der Waals surface area contributed by atoms with Crippen LogP contribution in [0.3, 0.4) is 0 Å². The molecule has 2 heterocycles. The first-order chi connectivity index (χ1) is 11.2. The summed E-state index contributed by atoms with van der Waals surface area (Å²) in [5, 5.41) is 8.30. The molecule has 0 radical (unpaired) electrons. The Bertz CT molecular complexity index is 772. The van der Waals surface area contributed by atoms with E-state index in [1.807, 2.05) is 32.2 Å². The maximum absolute atomic E-state index is 5.42. The highest BCUT2D eigenvalue weighted by molar-refractivity contribution is 7.15. The van der Waals surface area contributed by atoms with Gasteiger partial charge in [0.2, 0.25) is 0 Å². The van der Waals surface area contributed by atoms with Crippen molar-refractivity contribution in [2.24, 2.45) is 0 Å². The van der Waals surface area contributed by atoms with E-state index in [4.69, 9.17) is 4.52 Å². The predicted octanol–water partition coefficient (Wildman–Crippen LogP) is 3.66. The molecule has 1 atom stereocenters. The highest BCUT2D eigenvalue weighted by atomic mass is 35.5. The summed E-state index contributed by atoms with van der Waals surface area (Å²) in [4.78, 5) is 10.1. The lowest BCUT2D eigenvalue weighted by atomic mass is 10.2. The zero-order valence-electron chi connectivity index (χ0n) is 13.9. The second-order valence-corrected chi connectivity index (χ2v) is 6.68. The lowest BCUT2D eigenvalue weighted by Gasteiger charge is -2.04. The zero-order valence-corrected chi connectivity index (χ0v) is 15.6. The van der Waals surface area contributed by atoms with Crippen molar-refractivity contribution >= 4 is 23.7 Å². The molecule has 3 rings (SSSR count). The van der Waals surface area contributed by atoms with Gasteiger partial charge in [-0.1, -0.05) is 35.5 Å². The van der Waals surface area contributed by atoms with E-state index in [1.54, 1.807) is 11.3 Å². The van der Waals surface area contributed by atoms with E-state index in [1.165, 1.54) is 5.56 Å². The smallest absolute Gasteiger partial charge is 0.269 e. The fraction of sp³-hybridized carbons (Fsp3) is 0.353. The Balaban J connectivity index is 0.00000208. The summed E-state index contributed by atoms with van der Waals surface area (Å²) in [6, 6.07) is 10.7. The van der Waals surface area contributed by atoms with Crippen LogP contribution in [-0.4, -0.2) is 28.2 Å². The molecule has 0 aliphatic carbocycles. The minimum atomic E-state index is 0. The Morgan fingerprint density at radius 2 is 1.96 bits per heavy atom. The van der Waals surface area contributed by atoms with E-state index < -0.39 is 0 Å². The van der Waals surface area contributed by atoms with E-state index in [9.17, 15) is 0 Å². The van der Waals surface area contributed by atoms with Gasteiger partial charge in [-0.2, -0.15) is 4.98 Å². The number of rotatable bonds is 6. The highest BCUT2D eigenvalue weighted by Crippen LogP contribution is 2.30. The molecule has 0 saturated heterocycles. The zero-order chi connectivity index (χ0) is 16.2. The number of benzene rings is 1. The largest absolute Gasteiger partial charge is 0.333 e. The van der Waals surface area contributed by atoms with Crippen LogP contribution in [0.15, 0.2) is 34.9 Å². The fourth-order valence-corrected chi connectivity index (χ4v) is 3.32. The summed E-state index contributed by atoms with van der Waals surface area (Å²) < 4.78 is 5.42. The van der Waals surface area contributed by atoms with Crippen LogP contribution in [0.4, 0.5) is 0 Å². The van der Waals surface area contributed by atoms with Crippen molar-refractivity contribution in [2.45, 2.75) is 32.7 Å². The lowest BCUT2D eigenvalue weighted by Crippen LogP contribution is -2.24. The van der Waals surface area contributed by atoms with Crippen molar-refractivity contribution in [2.75, 3.05) is 7.05 Å². The van der Waals surface area contributed by atoms with Gasteiger partial charge in [-0.15, -0.1) is 23.7 Å². The van der Waals surface area contributed by atoms with Gasteiger partial charge in [0.1, 0.15) is 4.88 Å².